The molecule has 0 fully saturated rings. The minimum absolute atomic E-state index is 0. The van der Waals surface area contributed by atoms with Crippen LogP contribution in [0.4, 0.5) is 4.70 Å². The predicted molar refractivity (Wildman–Crippen MR) is 61.5 cm³/mol. The maximum Gasteiger partial charge on any atom is 0.103 e. The van der Waals surface area contributed by atoms with Gasteiger partial charge < -0.3 is 5.73 Å². The second-order valence-corrected chi connectivity index (χ2v) is 3.56. The number of halogens is 1. The Kier molecular flexibility index (Phi) is 4.03. The molecule has 2 N–H and O–H groups in total. The van der Waals surface area contributed by atoms with Gasteiger partial charge in [0.15, 0.2) is 0 Å². The van der Waals surface area contributed by atoms with E-state index in [1.165, 1.54) is 5.56 Å². The molecule has 1 unspecified atom stereocenters. The number of aliphatic imine (C=N–C) groups is 1. The lowest BCUT2D eigenvalue weighted by Crippen LogP contribution is -2.26. The lowest BCUT2D eigenvalue weighted by Gasteiger charge is -2.16. The van der Waals surface area contributed by atoms with Gasteiger partial charge in [-0.05, 0) is 18.4 Å². The van der Waals surface area contributed by atoms with Gasteiger partial charge in [-0.25, -0.2) is 4.99 Å². The molecule has 3 heteroatoms. The molecule has 0 saturated carbocycles. The highest BCUT2D eigenvalue weighted by Crippen LogP contribution is 2.16. The third-order valence-corrected chi connectivity index (χ3v) is 2.49. The van der Waals surface area contributed by atoms with Crippen LogP contribution in [0.25, 0.3) is 0 Å². The van der Waals surface area contributed by atoms with Crippen molar-refractivity contribution in [3.05, 3.63) is 48.2 Å². The van der Waals surface area contributed by atoms with Crippen molar-refractivity contribution in [3.63, 3.8) is 0 Å². The van der Waals surface area contributed by atoms with Crippen molar-refractivity contribution in [2.75, 3.05) is 0 Å². The van der Waals surface area contributed by atoms with E-state index >= 15 is 0 Å². The molecule has 2 rings (SSSR count). The van der Waals surface area contributed by atoms with Gasteiger partial charge in [-0.1, -0.05) is 36.4 Å². The average molecular weight is 206 g/mol. The molecule has 0 radical (unpaired) electrons. The van der Waals surface area contributed by atoms with E-state index in [9.17, 15) is 0 Å². The van der Waals surface area contributed by atoms with Crippen LogP contribution in [0.2, 0.25) is 0 Å². The van der Waals surface area contributed by atoms with Crippen molar-refractivity contribution < 1.29 is 4.70 Å². The molecule has 0 aromatic heterocycles. The normalized spacial score (nSPS) is 19.2. The number of nitrogens with zero attached hydrogens (tertiary/aromatic N) is 1. The van der Waals surface area contributed by atoms with Crippen LogP contribution in [0.1, 0.15) is 12.0 Å². The zero-order chi connectivity index (χ0) is 9.80. The third-order valence-electron chi connectivity index (χ3n) is 2.49. The van der Waals surface area contributed by atoms with Gasteiger partial charge in [0.2, 0.25) is 0 Å². The van der Waals surface area contributed by atoms with Crippen molar-refractivity contribution in [1.82, 2.24) is 0 Å². The topological polar surface area (TPSA) is 38.4 Å². The summed E-state index contributed by atoms with van der Waals surface area (Å²) < 4.78 is 0. The quantitative estimate of drug-likeness (QED) is 0.792. The molecule has 2 nitrogen and oxygen atoms in total. The minimum atomic E-state index is 0. The first kappa shape index (κ1) is 11.4. The zero-order valence-corrected chi connectivity index (χ0v) is 8.47. The number of rotatable bonds is 2. The second-order valence-electron chi connectivity index (χ2n) is 3.56. The SMILES string of the molecule is F.NC1=NC=CCC1Cc1ccccc1. The number of hydrogen-bond acceptors (Lipinski definition) is 2. The van der Waals surface area contributed by atoms with E-state index in [1.54, 1.807) is 6.20 Å². The number of amidine groups is 1. The molecule has 0 amide bonds. The van der Waals surface area contributed by atoms with Crippen LogP contribution in [-0.2, 0) is 6.42 Å². The molecule has 15 heavy (non-hydrogen) atoms. The molecule has 1 aromatic carbocycles. The van der Waals surface area contributed by atoms with Gasteiger partial charge in [-0.2, -0.15) is 0 Å². The summed E-state index contributed by atoms with van der Waals surface area (Å²) in [7, 11) is 0. The van der Waals surface area contributed by atoms with Crippen LogP contribution < -0.4 is 5.73 Å². The Bertz CT molecular complexity index is 357. The molecular weight excluding hydrogens is 191 g/mol. The smallest absolute Gasteiger partial charge is 0.103 e. The Morgan fingerprint density at radius 3 is 2.67 bits per heavy atom. The van der Waals surface area contributed by atoms with Gasteiger partial charge in [-0.3, -0.25) is 4.70 Å². The fourth-order valence-corrected chi connectivity index (χ4v) is 1.68. The molecule has 0 bridgehead atoms. The van der Waals surface area contributed by atoms with Crippen molar-refractivity contribution in [2.24, 2.45) is 16.6 Å². The predicted octanol–water partition coefficient (Wildman–Crippen LogP) is 2.27. The third kappa shape index (κ3) is 2.91. The Hall–Kier alpha value is -1.64. The van der Waals surface area contributed by atoms with Crippen molar-refractivity contribution in [2.45, 2.75) is 12.8 Å². The Labute approximate surface area is 88.9 Å². The van der Waals surface area contributed by atoms with Crippen LogP contribution in [0.5, 0.6) is 0 Å². The average Bonchev–Trinajstić information content (AvgIpc) is 2.23. The summed E-state index contributed by atoms with van der Waals surface area (Å²) in [6, 6.07) is 10.4. The van der Waals surface area contributed by atoms with Gasteiger partial charge in [0.05, 0.1) is 0 Å². The zero-order valence-electron chi connectivity index (χ0n) is 8.47. The second kappa shape index (κ2) is 5.29. The molecule has 1 aliphatic heterocycles. The molecule has 1 heterocycles. The summed E-state index contributed by atoms with van der Waals surface area (Å²) in [6.07, 6.45) is 5.85. The molecule has 1 aromatic rings. The molecule has 0 saturated heterocycles. The fourth-order valence-electron chi connectivity index (χ4n) is 1.68. The van der Waals surface area contributed by atoms with E-state index in [4.69, 9.17) is 5.73 Å². The standard InChI is InChI=1S/C12H14N2.FH/c13-12-11(7-4-8-14-12)9-10-5-2-1-3-6-10;/h1-6,8,11H,7,9H2,(H2,13,14);1H. The van der Waals surface area contributed by atoms with Gasteiger partial charge in [0.1, 0.15) is 5.84 Å². The van der Waals surface area contributed by atoms with E-state index in [1.807, 2.05) is 6.07 Å². The van der Waals surface area contributed by atoms with E-state index < -0.39 is 0 Å². The maximum atomic E-state index is 5.83. The summed E-state index contributed by atoms with van der Waals surface area (Å²) in [5, 5.41) is 0. The first-order valence-corrected chi connectivity index (χ1v) is 4.88. The van der Waals surface area contributed by atoms with Gasteiger partial charge in [0.25, 0.3) is 0 Å². The first-order valence-electron chi connectivity index (χ1n) is 4.88. The maximum absolute atomic E-state index is 5.83. The Balaban J connectivity index is 0.00000112. The van der Waals surface area contributed by atoms with E-state index in [0.29, 0.717) is 5.92 Å². The number of allylic oxidation sites excluding steroid dienone is 1. The van der Waals surface area contributed by atoms with Crippen molar-refractivity contribution in [1.29, 1.82) is 0 Å². The Morgan fingerprint density at radius 2 is 2.00 bits per heavy atom. The number of hydrogen-bond donors (Lipinski definition) is 1. The van der Waals surface area contributed by atoms with E-state index in [0.717, 1.165) is 18.7 Å². The van der Waals surface area contributed by atoms with E-state index in [-0.39, 0.29) is 4.70 Å². The highest BCUT2D eigenvalue weighted by molar-refractivity contribution is 5.84. The largest absolute Gasteiger partial charge is 0.387 e. The molecule has 1 aliphatic rings. The minimum Gasteiger partial charge on any atom is -0.387 e. The lowest BCUT2D eigenvalue weighted by molar-refractivity contribution is 0.683. The van der Waals surface area contributed by atoms with Crippen LogP contribution in [0.3, 0.4) is 0 Å². The van der Waals surface area contributed by atoms with Crippen LogP contribution >= 0.6 is 0 Å². The van der Waals surface area contributed by atoms with Crippen LogP contribution in [0.15, 0.2) is 47.6 Å². The van der Waals surface area contributed by atoms with Gasteiger partial charge in [-0.15, -0.1) is 0 Å². The molecular formula is C12H15FN2. The fraction of sp³-hybridized carbons (Fsp3) is 0.250. The first-order chi connectivity index (χ1) is 6.86. The highest BCUT2D eigenvalue weighted by atomic mass is 19.0. The van der Waals surface area contributed by atoms with Gasteiger partial charge in [0, 0.05) is 12.1 Å². The molecule has 0 aliphatic carbocycles. The van der Waals surface area contributed by atoms with Crippen molar-refractivity contribution in [3.8, 4) is 0 Å². The Morgan fingerprint density at radius 1 is 1.27 bits per heavy atom. The summed E-state index contributed by atoms with van der Waals surface area (Å²) >= 11 is 0. The molecule has 1 atom stereocenters. The molecule has 80 valence electrons. The lowest BCUT2D eigenvalue weighted by atomic mass is 9.94. The summed E-state index contributed by atoms with van der Waals surface area (Å²) in [5.74, 6) is 1.14. The van der Waals surface area contributed by atoms with Crippen LogP contribution in [-0.4, -0.2) is 5.84 Å². The summed E-state index contributed by atoms with van der Waals surface area (Å²) in [5.41, 5.74) is 7.15. The molecule has 0 spiro atoms. The summed E-state index contributed by atoms with van der Waals surface area (Å²) in [6.45, 7) is 0. The number of benzene rings is 1. The van der Waals surface area contributed by atoms with Gasteiger partial charge >= 0.3 is 0 Å². The van der Waals surface area contributed by atoms with E-state index in [2.05, 4.69) is 35.3 Å². The van der Waals surface area contributed by atoms with Crippen molar-refractivity contribution >= 4 is 5.84 Å². The summed E-state index contributed by atoms with van der Waals surface area (Å²) in [4.78, 5) is 4.12. The van der Waals surface area contributed by atoms with Crippen LogP contribution in [0, 0.1) is 5.92 Å². The monoisotopic (exact) mass is 206 g/mol. The highest BCUT2D eigenvalue weighted by Gasteiger charge is 2.14. The number of nitrogens with two attached hydrogens (primary N) is 1.